The van der Waals surface area contributed by atoms with Crippen LogP contribution in [0.25, 0.3) is 0 Å². The predicted molar refractivity (Wildman–Crippen MR) is 87.1 cm³/mol. The van der Waals surface area contributed by atoms with Crippen LogP contribution in [-0.4, -0.2) is 27.7 Å². The van der Waals surface area contributed by atoms with Gasteiger partial charge in [-0.1, -0.05) is 30.0 Å². The molecule has 114 valence electrons. The lowest BCUT2D eigenvalue weighted by Crippen LogP contribution is -2.37. The highest BCUT2D eigenvalue weighted by atomic mass is 32.2. The molecule has 1 amide bonds. The Bertz CT molecular complexity index is 774. The van der Waals surface area contributed by atoms with Crippen molar-refractivity contribution in [3.8, 4) is 0 Å². The highest BCUT2D eigenvalue weighted by molar-refractivity contribution is 7.99. The zero-order chi connectivity index (χ0) is 15.7. The summed E-state index contributed by atoms with van der Waals surface area (Å²) >= 11 is 1.18. The van der Waals surface area contributed by atoms with Crippen LogP contribution in [0, 0.1) is 0 Å². The number of thioether (sulfide) groups is 1. The van der Waals surface area contributed by atoms with E-state index in [1.807, 2.05) is 36.1 Å². The zero-order valence-electron chi connectivity index (χ0n) is 12.1. The van der Waals surface area contributed by atoms with E-state index in [1.165, 1.54) is 23.4 Å². The summed E-state index contributed by atoms with van der Waals surface area (Å²) in [6.07, 6.45) is 0.861. The minimum atomic E-state index is -0.317. The number of nitrogens with two attached hydrogens (primary N) is 1. The number of nitrogens with one attached hydrogen (secondary N) is 1. The van der Waals surface area contributed by atoms with Gasteiger partial charge in [0.25, 0.3) is 5.56 Å². The lowest BCUT2D eigenvalue weighted by Gasteiger charge is -2.22. The lowest BCUT2D eigenvalue weighted by atomic mass is 10.1. The lowest BCUT2D eigenvalue weighted by molar-refractivity contribution is -0.116. The van der Waals surface area contributed by atoms with Crippen molar-refractivity contribution in [2.75, 3.05) is 16.4 Å². The summed E-state index contributed by atoms with van der Waals surface area (Å²) in [4.78, 5) is 32.3. The molecule has 0 spiro atoms. The Morgan fingerprint density at radius 2 is 2.27 bits per heavy atom. The summed E-state index contributed by atoms with van der Waals surface area (Å²) in [5, 5.41) is 0.360. The molecule has 0 fully saturated rings. The number of hydrogen-bond donors (Lipinski definition) is 2. The van der Waals surface area contributed by atoms with Gasteiger partial charge in [0.1, 0.15) is 5.82 Å². The first-order chi connectivity index (χ1) is 10.5. The monoisotopic (exact) mass is 316 g/mol. The largest absolute Gasteiger partial charge is 0.383 e. The van der Waals surface area contributed by atoms with Crippen molar-refractivity contribution in [1.82, 2.24) is 9.97 Å². The second-order valence-corrected chi connectivity index (χ2v) is 6.17. The molecule has 0 bridgehead atoms. The van der Waals surface area contributed by atoms with Gasteiger partial charge < -0.3 is 15.6 Å². The van der Waals surface area contributed by atoms with Gasteiger partial charge in [-0.2, -0.15) is 0 Å². The van der Waals surface area contributed by atoms with Gasteiger partial charge in [-0.15, -0.1) is 0 Å². The van der Waals surface area contributed by atoms with Crippen LogP contribution in [0.15, 0.2) is 40.3 Å². The summed E-state index contributed by atoms with van der Waals surface area (Å²) in [5.74, 6) is 0.344. The number of nitrogen functional groups attached to an aromatic ring is 1. The molecule has 1 atom stereocenters. The fraction of sp³-hybridized carbons (Fsp3) is 0.267. The van der Waals surface area contributed by atoms with Gasteiger partial charge in [-0.25, -0.2) is 4.98 Å². The number of rotatable bonds is 3. The number of amides is 1. The quantitative estimate of drug-likeness (QED) is 0.660. The van der Waals surface area contributed by atoms with E-state index in [1.54, 1.807) is 0 Å². The van der Waals surface area contributed by atoms with Crippen LogP contribution in [0.1, 0.15) is 12.5 Å². The Labute approximate surface area is 131 Å². The van der Waals surface area contributed by atoms with Crippen LogP contribution in [0.4, 0.5) is 11.5 Å². The Kier molecular flexibility index (Phi) is 3.89. The number of para-hydroxylation sites is 1. The maximum absolute atomic E-state index is 12.5. The molecule has 3 N–H and O–H groups in total. The van der Waals surface area contributed by atoms with Crippen molar-refractivity contribution < 1.29 is 4.79 Å². The van der Waals surface area contributed by atoms with Crippen molar-refractivity contribution in [2.24, 2.45) is 0 Å². The number of hydrogen-bond acceptors (Lipinski definition) is 5. The third kappa shape index (κ3) is 2.85. The third-order valence-electron chi connectivity index (χ3n) is 3.55. The van der Waals surface area contributed by atoms with Crippen LogP contribution in [0.3, 0.4) is 0 Å². The number of aromatic nitrogens is 2. The molecule has 3 rings (SSSR count). The maximum Gasteiger partial charge on any atom is 0.253 e. The third-order valence-corrected chi connectivity index (χ3v) is 4.41. The van der Waals surface area contributed by atoms with Gasteiger partial charge in [0, 0.05) is 17.8 Å². The Hall–Kier alpha value is -2.28. The molecule has 1 aromatic carbocycles. The van der Waals surface area contributed by atoms with Gasteiger partial charge in [-0.05, 0) is 25.0 Å². The summed E-state index contributed by atoms with van der Waals surface area (Å²) in [7, 11) is 0. The molecule has 22 heavy (non-hydrogen) atoms. The van der Waals surface area contributed by atoms with Crippen LogP contribution in [0.5, 0.6) is 0 Å². The van der Waals surface area contributed by atoms with E-state index in [-0.39, 0.29) is 29.1 Å². The number of nitrogens with zero attached hydrogens (tertiary/aromatic N) is 2. The standard InChI is InChI=1S/C15H16N4O2S/c1-9-6-10-4-2-3-5-11(10)19(9)14(21)8-22-15-17-12(16)7-13(20)18-15/h2-5,7,9H,6,8H2,1H3,(H3,16,17,18,20)/t9-/m0/s1. The van der Waals surface area contributed by atoms with Gasteiger partial charge in [0.05, 0.1) is 5.75 Å². The van der Waals surface area contributed by atoms with E-state index < -0.39 is 0 Å². The summed E-state index contributed by atoms with van der Waals surface area (Å²) in [6, 6.07) is 9.27. The minimum absolute atomic E-state index is 0.00692. The number of carbonyl (C=O) groups excluding carboxylic acids is 1. The van der Waals surface area contributed by atoms with Gasteiger partial charge >= 0.3 is 0 Å². The number of benzene rings is 1. The van der Waals surface area contributed by atoms with E-state index >= 15 is 0 Å². The fourth-order valence-corrected chi connectivity index (χ4v) is 3.41. The molecule has 2 heterocycles. The average Bonchev–Trinajstić information content (AvgIpc) is 2.79. The molecule has 1 aliphatic heterocycles. The van der Waals surface area contributed by atoms with Crippen LogP contribution in [0.2, 0.25) is 0 Å². The van der Waals surface area contributed by atoms with Gasteiger partial charge in [0.15, 0.2) is 5.16 Å². The van der Waals surface area contributed by atoms with Crippen LogP contribution >= 0.6 is 11.8 Å². The molecule has 0 saturated carbocycles. The Morgan fingerprint density at radius 1 is 1.50 bits per heavy atom. The molecule has 0 aliphatic carbocycles. The first-order valence-electron chi connectivity index (χ1n) is 6.94. The van der Waals surface area contributed by atoms with Crippen molar-refractivity contribution in [1.29, 1.82) is 0 Å². The SMILES string of the molecule is C[C@H]1Cc2ccccc2N1C(=O)CSc1nc(N)cc(=O)[nH]1. The van der Waals surface area contributed by atoms with Crippen LogP contribution < -0.4 is 16.2 Å². The van der Waals surface area contributed by atoms with Crippen molar-refractivity contribution >= 4 is 29.2 Å². The van der Waals surface area contributed by atoms with Gasteiger partial charge in [0.2, 0.25) is 5.91 Å². The number of fused-ring (bicyclic) bond motifs is 1. The number of H-pyrrole nitrogens is 1. The van der Waals surface area contributed by atoms with Crippen molar-refractivity contribution in [3.63, 3.8) is 0 Å². The minimum Gasteiger partial charge on any atom is -0.383 e. The predicted octanol–water partition coefficient (Wildman–Crippen LogP) is 1.42. The van der Waals surface area contributed by atoms with Crippen molar-refractivity contribution in [2.45, 2.75) is 24.5 Å². The maximum atomic E-state index is 12.5. The zero-order valence-corrected chi connectivity index (χ0v) is 12.9. The molecule has 2 aromatic rings. The second kappa shape index (κ2) is 5.84. The Morgan fingerprint density at radius 3 is 3.05 bits per heavy atom. The molecule has 0 radical (unpaired) electrons. The highest BCUT2D eigenvalue weighted by Crippen LogP contribution is 2.32. The average molecular weight is 316 g/mol. The van der Waals surface area contributed by atoms with Gasteiger partial charge in [-0.3, -0.25) is 9.59 Å². The Balaban J connectivity index is 1.74. The van der Waals surface area contributed by atoms with E-state index in [2.05, 4.69) is 9.97 Å². The molecule has 6 nitrogen and oxygen atoms in total. The van der Waals surface area contributed by atoms with E-state index in [0.717, 1.165) is 12.1 Å². The van der Waals surface area contributed by atoms with E-state index in [9.17, 15) is 9.59 Å². The number of carbonyl (C=O) groups is 1. The molecule has 1 aliphatic rings. The number of anilines is 2. The van der Waals surface area contributed by atoms with Crippen LogP contribution in [-0.2, 0) is 11.2 Å². The summed E-state index contributed by atoms with van der Waals surface area (Å²) < 4.78 is 0. The first kappa shape index (κ1) is 14.6. The summed E-state index contributed by atoms with van der Waals surface area (Å²) in [6.45, 7) is 2.03. The normalized spacial score (nSPS) is 16.6. The molecule has 0 unspecified atom stereocenters. The first-order valence-corrected chi connectivity index (χ1v) is 7.93. The number of aromatic amines is 1. The highest BCUT2D eigenvalue weighted by Gasteiger charge is 2.30. The van der Waals surface area contributed by atoms with E-state index in [4.69, 9.17) is 5.73 Å². The molecular formula is C15H16N4O2S. The molecular weight excluding hydrogens is 300 g/mol. The van der Waals surface area contributed by atoms with E-state index in [0.29, 0.717) is 5.16 Å². The molecule has 0 saturated heterocycles. The fourth-order valence-electron chi connectivity index (χ4n) is 2.67. The second-order valence-electron chi connectivity index (χ2n) is 5.21. The van der Waals surface area contributed by atoms with Crippen molar-refractivity contribution in [3.05, 3.63) is 46.2 Å². The topological polar surface area (TPSA) is 92.1 Å². The summed E-state index contributed by atoms with van der Waals surface area (Å²) in [5.41, 5.74) is 7.37. The molecule has 7 heteroatoms. The smallest absolute Gasteiger partial charge is 0.253 e. The molecule has 1 aromatic heterocycles.